The Morgan fingerprint density at radius 1 is 1.04 bits per heavy atom. The summed E-state index contributed by atoms with van der Waals surface area (Å²) in [5, 5.41) is 14.6. The van der Waals surface area contributed by atoms with Gasteiger partial charge in [-0.05, 0) is 37.5 Å². The maximum atomic E-state index is 12.1. The molecule has 0 atom stereocenters. The Hall–Kier alpha value is -2.43. The zero-order valence-electron chi connectivity index (χ0n) is 14.8. The monoisotopic (exact) mass is 338 g/mol. The lowest BCUT2D eigenvalue weighted by Gasteiger charge is -2.16. The van der Waals surface area contributed by atoms with E-state index >= 15 is 0 Å². The fourth-order valence-electron chi connectivity index (χ4n) is 3.30. The molecule has 0 bridgehead atoms. The summed E-state index contributed by atoms with van der Waals surface area (Å²) in [7, 11) is 0. The molecule has 0 aliphatic heterocycles. The highest BCUT2D eigenvalue weighted by Crippen LogP contribution is 2.20. The van der Waals surface area contributed by atoms with Gasteiger partial charge in [0.1, 0.15) is 5.82 Å². The lowest BCUT2D eigenvalue weighted by atomic mass is 10.1. The van der Waals surface area contributed by atoms with Crippen LogP contribution in [-0.2, 0) is 11.2 Å². The van der Waals surface area contributed by atoms with Crippen LogP contribution in [0.15, 0.2) is 36.4 Å². The fourth-order valence-corrected chi connectivity index (χ4v) is 3.30. The van der Waals surface area contributed by atoms with Crippen LogP contribution in [-0.4, -0.2) is 22.1 Å². The molecule has 1 aromatic heterocycles. The molecule has 0 saturated heterocycles. The summed E-state index contributed by atoms with van der Waals surface area (Å²) >= 11 is 0. The Labute approximate surface area is 149 Å². The SMILES string of the molecule is Cc1cccc(CC(=O)Nc2ccc(NC3CCCCCC3)nn2)c1. The van der Waals surface area contributed by atoms with Gasteiger partial charge in [-0.3, -0.25) is 4.79 Å². The highest BCUT2D eigenvalue weighted by Gasteiger charge is 2.13. The molecular weight excluding hydrogens is 312 g/mol. The highest BCUT2D eigenvalue weighted by atomic mass is 16.1. The van der Waals surface area contributed by atoms with Crippen LogP contribution in [0.1, 0.15) is 49.7 Å². The van der Waals surface area contributed by atoms with Crippen LogP contribution < -0.4 is 10.6 Å². The number of nitrogens with one attached hydrogen (secondary N) is 2. The van der Waals surface area contributed by atoms with Crippen LogP contribution >= 0.6 is 0 Å². The predicted molar refractivity (Wildman–Crippen MR) is 101 cm³/mol. The summed E-state index contributed by atoms with van der Waals surface area (Å²) in [4.78, 5) is 12.1. The van der Waals surface area contributed by atoms with E-state index in [0.29, 0.717) is 18.3 Å². The molecule has 1 fully saturated rings. The topological polar surface area (TPSA) is 66.9 Å². The third-order valence-electron chi connectivity index (χ3n) is 4.59. The summed E-state index contributed by atoms with van der Waals surface area (Å²) in [5.41, 5.74) is 2.15. The number of hydrogen-bond donors (Lipinski definition) is 2. The zero-order chi connectivity index (χ0) is 17.5. The van der Waals surface area contributed by atoms with E-state index in [-0.39, 0.29) is 5.91 Å². The molecule has 5 nitrogen and oxygen atoms in total. The number of carbonyl (C=O) groups is 1. The Kier molecular flexibility index (Phi) is 5.99. The van der Waals surface area contributed by atoms with Crippen molar-refractivity contribution in [2.45, 2.75) is 57.9 Å². The van der Waals surface area contributed by atoms with Crippen molar-refractivity contribution < 1.29 is 4.79 Å². The second-order valence-electron chi connectivity index (χ2n) is 6.85. The van der Waals surface area contributed by atoms with Gasteiger partial charge in [-0.2, -0.15) is 0 Å². The Morgan fingerprint density at radius 2 is 1.76 bits per heavy atom. The normalized spacial score (nSPS) is 15.4. The smallest absolute Gasteiger partial charge is 0.229 e. The van der Waals surface area contributed by atoms with E-state index < -0.39 is 0 Å². The first kappa shape index (κ1) is 17.4. The van der Waals surface area contributed by atoms with Crippen LogP contribution in [0.25, 0.3) is 0 Å². The van der Waals surface area contributed by atoms with Crippen LogP contribution in [0.3, 0.4) is 0 Å². The highest BCUT2D eigenvalue weighted by molar-refractivity contribution is 5.91. The van der Waals surface area contributed by atoms with Crippen molar-refractivity contribution in [1.29, 1.82) is 0 Å². The van der Waals surface area contributed by atoms with E-state index in [2.05, 4.69) is 20.8 Å². The molecule has 5 heteroatoms. The van der Waals surface area contributed by atoms with Crippen molar-refractivity contribution in [3.63, 3.8) is 0 Å². The minimum Gasteiger partial charge on any atom is -0.366 e. The molecule has 132 valence electrons. The third kappa shape index (κ3) is 5.55. The molecule has 25 heavy (non-hydrogen) atoms. The molecule has 0 spiro atoms. The number of rotatable bonds is 5. The second kappa shape index (κ2) is 8.60. The molecule has 2 N–H and O–H groups in total. The maximum Gasteiger partial charge on any atom is 0.229 e. The van der Waals surface area contributed by atoms with Crippen molar-refractivity contribution in [1.82, 2.24) is 10.2 Å². The van der Waals surface area contributed by atoms with E-state index in [1.807, 2.05) is 37.3 Å². The number of anilines is 2. The summed E-state index contributed by atoms with van der Waals surface area (Å²) < 4.78 is 0. The fraction of sp³-hybridized carbons (Fsp3) is 0.450. The standard InChI is InChI=1S/C20H26N4O/c1-15-7-6-8-16(13-15)14-20(25)22-19-12-11-18(23-24-19)21-17-9-4-2-3-5-10-17/h6-8,11-13,17H,2-5,9-10,14H2,1H3,(H,21,23)(H,22,24,25). The molecule has 1 aliphatic carbocycles. The summed E-state index contributed by atoms with van der Waals surface area (Å²) in [6.45, 7) is 2.02. The number of benzene rings is 1. The van der Waals surface area contributed by atoms with Crippen LogP contribution in [0.5, 0.6) is 0 Å². The van der Waals surface area contributed by atoms with E-state index in [4.69, 9.17) is 0 Å². The lowest BCUT2D eigenvalue weighted by molar-refractivity contribution is -0.115. The number of aromatic nitrogens is 2. The molecule has 1 amide bonds. The van der Waals surface area contributed by atoms with Crippen molar-refractivity contribution in [3.05, 3.63) is 47.5 Å². The minimum atomic E-state index is -0.0793. The summed E-state index contributed by atoms with van der Waals surface area (Å²) in [5.74, 6) is 1.19. The molecule has 1 aromatic carbocycles. The molecule has 1 aliphatic rings. The average molecular weight is 338 g/mol. The largest absolute Gasteiger partial charge is 0.366 e. The zero-order valence-corrected chi connectivity index (χ0v) is 14.8. The van der Waals surface area contributed by atoms with Gasteiger partial charge >= 0.3 is 0 Å². The van der Waals surface area contributed by atoms with Gasteiger partial charge < -0.3 is 10.6 Å². The van der Waals surface area contributed by atoms with Gasteiger partial charge in [0.15, 0.2) is 5.82 Å². The van der Waals surface area contributed by atoms with Crippen molar-refractivity contribution in [3.8, 4) is 0 Å². The molecule has 0 unspecified atom stereocenters. The van der Waals surface area contributed by atoms with Crippen LogP contribution in [0.4, 0.5) is 11.6 Å². The molecule has 1 heterocycles. The molecule has 0 radical (unpaired) electrons. The van der Waals surface area contributed by atoms with Gasteiger partial charge in [0, 0.05) is 6.04 Å². The Balaban J connectivity index is 1.52. The number of aryl methyl sites for hydroxylation is 1. The van der Waals surface area contributed by atoms with E-state index in [9.17, 15) is 4.79 Å². The molecule has 2 aromatic rings. The van der Waals surface area contributed by atoms with Crippen molar-refractivity contribution in [2.75, 3.05) is 10.6 Å². The van der Waals surface area contributed by atoms with Crippen LogP contribution in [0.2, 0.25) is 0 Å². The van der Waals surface area contributed by atoms with Gasteiger partial charge in [0.05, 0.1) is 6.42 Å². The van der Waals surface area contributed by atoms with E-state index in [0.717, 1.165) is 16.9 Å². The lowest BCUT2D eigenvalue weighted by Crippen LogP contribution is -2.20. The Morgan fingerprint density at radius 3 is 2.44 bits per heavy atom. The van der Waals surface area contributed by atoms with E-state index in [1.165, 1.54) is 38.5 Å². The van der Waals surface area contributed by atoms with Gasteiger partial charge in [-0.15, -0.1) is 10.2 Å². The maximum absolute atomic E-state index is 12.1. The minimum absolute atomic E-state index is 0.0793. The first-order valence-electron chi connectivity index (χ1n) is 9.15. The number of nitrogens with zero attached hydrogens (tertiary/aromatic N) is 2. The van der Waals surface area contributed by atoms with Crippen molar-refractivity contribution >= 4 is 17.5 Å². The summed E-state index contributed by atoms with van der Waals surface area (Å²) in [6, 6.07) is 12.1. The second-order valence-corrected chi connectivity index (χ2v) is 6.85. The quantitative estimate of drug-likeness (QED) is 0.806. The van der Waals surface area contributed by atoms with Crippen molar-refractivity contribution in [2.24, 2.45) is 0 Å². The van der Waals surface area contributed by atoms with E-state index in [1.54, 1.807) is 6.07 Å². The third-order valence-corrected chi connectivity index (χ3v) is 4.59. The molecular formula is C20H26N4O. The van der Waals surface area contributed by atoms with Gasteiger partial charge in [-0.1, -0.05) is 55.5 Å². The number of carbonyl (C=O) groups excluding carboxylic acids is 1. The van der Waals surface area contributed by atoms with Gasteiger partial charge in [0.2, 0.25) is 5.91 Å². The van der Waals surface area contributed by atoms with Gasteiger partial charge in [0.25, 0.3) is 0 Å². The number of hydrogen-bond acceptors (Lipinski definition) is 4. The van der Waals surface area contributed by atoms with Gasteiger partial charge in [-0.25, -0.2) is 0 Å². The summed E-state index contributed by atoms with van der Waals surface area (Å²) in [6.07, 6.45) is 7.93. The average Bonchev–Trinajstić information content (AvgIpc) is 2.85. The molecule has 3 rings (SSSR count). The Bertz CT molecular complexity index is 691. The first-order valence-corrected chi connectivity index (χ1v) is 9.15. The van der Waals surface area contributed by atoms with Crippen LogP contribution in [0, 0.1) is 6.92 Å². The number of amides is 1. The predicted octanol–water partition coefficient (Wildman–Crippen LogP) is 4.10. The first-order chi connectivity index (χ1) is 12.2. The molecule has 1 saturated carbocycles.